The molecule has 0 bridgehead atoms. The summed E-state index contributed by atoms with van der Waals surface area (Å²) in [5.41, 5.74) is 1.54. The van der Waals surface area contributed by atoms with E-state index in [4.69, 9.17) is 10.00 Å². The van der Waals surface area contributed by atoms with Crippen LogP contribution in [0.4, 0.5) is 0 Å². The van der Waals surface area contributed by atoms with Gasteiger partial charge in [0.1, 0.15) is 0 Å². The van der Waals surface area contributed by atoms with E-state index in [1.807, 2.05) is 24.0 Å². The lowest BCUT2D eigenvalue weighted by atomic mass is 10.1. The van der Waals surface area contributed by atoms with Gasteiger partial charge in [-0.05, 0) is 37.1 Å². The average molecular weight is 284 g/mol. The van der Waals surface area contributed by atoms with Crippen molar-refractivity contribution in [1.29, 1.82) is 5.26 Å². The minimum atomic E-state index is 0.0220. The van der Waals surface area contributed by atoms with E-state index in [1.54, 1.807) is 24.3 Å². The van der Waals surface area contributed by atoms with E-state index in [1.165, 1.54) is 0 Å². The molecule has 1 saturated heterocycles. The third-order valence-electron chi connectivity index (χ3n) is 3.65. The summed E-state index contributed by atoms with van der Waals surface area (Å²) in [5.74, 6) is 0.478. The average Bonchev–Trinajstić information content (AvgIpc) is 3.03. The number of amides is 1. The SMILES string of the molecule is CCN(CC1CCOC1)C(=O)C=Cc1ccc(C#N)cc1. The number of hydrogen-bond acceptors (Lipinski definition) is 3. The van der Waals surface area contributed by atoms with E-state index >= 15 is 0 Å². The van der Waals surface area contributed by atoms with Crippen molar-refractivity contribution in [2.45, 2.75) is 13.3 Å². The van der Waals surface area contributed by atoms with Crippen LogP contribution in [-0.2, 0) is 9.53 Å². The summed E-state index contributed by atoms with van der Waals surface area (Å²) < 4.78 is 5.35. The van der Waals surface area contributed by atoms with Gasteiger partial charge in [0.05, 0.1) is 18.2 Å². The third-order valence-corrected chi connectivity index (χ3v) is 3.65. The van der Waals surface area contributed by atoms with Crippen LogP contribution in [0.2, 0.25) is 0 Å². The number of ether oxygens (including phenoxy) is 1. The van der Waals surface area contributed by atoms with Gasteiger partial charge in [-0.15, -0.1) is 0 Å². The fraction of sp³-hybridized carbons (Fsp3) is 0.412. The molecule has 21 heavy (non-hydrogen) atoms. The van der Waals surface area contributed by atoms with Gasteiger partial charge in [-0.2, -0.15) is 5.26 Å². The van der Waals surface area contributed by atoms with Gasteiger partial charge in [0.2, 0.25) is 5.91 Å². The van der Waals surface area contributed by atoms with Crippen LogP contribution in [0.15, 0.2) is 30.3 Å². The Hall–Kier alpha value is -2.12. The van der Waals surface area contributed by atoms with Gasteiger partial charge < -0.3 is 9.64 Å². The first kappa shape index (κ1) is 15.3. The Morgan fingerprint density at radius 1 is 1.48 bits per heavy atom. The summed E-state index contributed by atoms with van der Waals surface area (Å²) in [6.07, 6.45) is 4.42. The Kier molecular flexibility index (Phi) is 5.53. The predicted molar refractivity (Wildman–Crippen MR) is 81.4 cm³/mol. The fourth-order valence-electron chi connectivity index (χ4n) is 2.36. The summed E-state index contributed by atoms with van der Waals surface area (Å²) in [6, 6.07) is 9.24. The van der Waals surface area contributed by atoms with Crippen molar-refractivity contribution in [3.05, 3.63) is 41.5 Å². The van der Waals surface area contributed by atoms with Crippen molar-refractivity contribution in [3.8, 4) is 6.07 Å². The first-order chi connectivity index (χ1) is 10.2. The maximum absolute atomic E-state index is 12.2. The second-order valence-corrected chi connectivity index (χ2v) is 5.17. The van der Waals surface area contributed by atoms with Crippen molar-refractivity contribution in [2.24, 2.45) is 5.92 Å². The van der Waals surface area contributed by atoms with Crippen molar-refractivity contribution in [3.63, 3.8) is 0 Å². The molecule has 1 fully saturated rings. The lowest BCUT2D eigenvalue weighted by Crippen LogP contribution is -2.34. The monoisotopic (exact) mass is 284 g/mol. The quantitative estimate of drug-likeness (QED) is 0.780. The zero-order valence-electron chi connectivity index (χ0n) is 12.3. The van der Waals surface area contributed by atoms with Crippen LogP contribution in [0, 0.1) is 17.2 Å². The van der Waals surface area contributed by atoms with E-state index in [-0.39, 0.29) is 5.91 Å². The highest BCUT2D eigenvalue weighted by atomic mass is 16.5. The molecule has 1 aliphatic heterocycles. The summed E-state index contributed by atoms with van der Waals surface area (Å²) in [4.78, 5) is 14.1. The van der Waals surface area contributed by atoms with Crippen LogP contribution in [0.25, 0.3) is 6.08 Å². The van der Waals surface area contributed by atoms with Gasteiger partial charge in [0.15, 0.2) is 0 Å². The first-order valence-corrected chi connectivity index (χ1v) is 7.28. The van der Waals surface area contributed by atoms with Crippen molar-refractivity contribution >= 4 is 12.0 Å². The standard InChI is InChI=1S/C17H20N2O2/c1-2-19(12-16-9-10-21-13-16)17(20)8-7-14-3-5-15(11-18)6-4-14/h3-8,16H,2,9-10,12-13H2,1H3. The molecule has 1 amide bonds. The van der Waals surface area contributed by atoms with Gasteiger partial charge in [-0.3, -0.25) is 4.79 Å². The molecule has 0 spiro atoms. The molecule has 2 rings (SSSR count). The predicted octanol–water partition coefficient (Wildman–Crippen LogP) is 2.46. The number of carbonyl (C=O) groups excluding carboxylic acids is 1. The molecule has 110 valence electrons. The van der Waals surface area contributed by atoms with Crippen LogP contribution in [-0.4, -0.2) is 37.1 Å². The Bertz CT molecular complexity index is 537. The fourth-order valence-corrected chi connectivity index (χ4v) is 2.36. The summed E-state index contributed by atoms with van der Waals surface area (Å²) in [6.45, 7) is 5.00. The Morgan fingerprint density at radius 2 is 2.24 bits per heavy atom. The molecule has 1 aliphatic rings. The lowest BCUT2D eigenvalue weighted by Gasteiger charge is -2.22. The number of rotatable bonds is 5. The molecule has 0 saturated carbocycles. The van der Waals surface area contributed by atoms with Crippen LogP contribution in [0.5, 0.6) is 0 Å². The Labute approximate surface area is 125 Å². The summed E-state index contributed by atoms with van der Waals surface area (Å²) in [7, 11) is 0. The van der Waals surface area contributed by atoms with Crippen molar-refractivity contribution in [1.82, 2.24) is 4.90 Å². The molecule has 1 heterocycles. The number of likely N-dealkylation sites (N-methyl/N-ethyl adjacent to an activating group) is 1. The van der Waals surface area contributed by atoms with E-state index in [0.29, 0.717) is 18.0 Å². The van der Waals surface area contributed by atoms with Crippen LogP contribution >= 0.6 is 0 Å². The Balaban J connectivity index is 1.93. The van der Waals surface area contributed by atoms with Crippen LogP contribution in [0.1, 0.15) is 24.5 Å². The van der Waals surface area contributed by atoms with Gasteiger partial charge >= 0.3 is 0 Å². The maximum Gasteiger partial charge on any atom is 0.246 e. The molecule has 0 aliphatic carbocycles. The zero-order valence-corrected chi connectivity index (χ0v) is 12.3. The molecule has 0 aromatic heterocycles. The van der Waals surface area contributed by atoms with Crippen molar-refractivity contribution < 1.29 is 9.53 Å². The van der Waals surface area contributed by atoms with Gasteiger partial charge in [0, 0.05) is 31.7 Å². The largest absolute Gasteiger partial charge is 0.381 e. The highest BCUT2D eigenvalue weighted by Gasteiger charge is 2.20. The summed E-state index contributed by atoms with van der Waals surface area (Å²) in [5, 5.41) is 8.75. The zero-order chi connectivity index (χ0) is 15.1. The minimum absolute atomic E-state index is 0.0220. The topological polar surface area (TPSA) is 53.3 Å². The van der Waals surface area contributed by atoms with E-state index in [9.17, 15) is 4.79 Å². The number of hydrogen-bond donors (Lipinski definition) is 0. The summed E-state index contributed by atoms with van der Waals surface area (Å²) >= 11 is 0. The van der Waals surface area contributed by atoms with Crippen LogP contribution in [0.3, 0.4) is 0 Å². The molecule has 0 radical (unpaired) electrons. The molecular weight excluding hydrogens is 264 g/mol. The number of benzene rings is 1. The number of nitrogens with zero attached hydrogens (tertiary/aromatic N) is 2. The third kappa shape index (κ3) is 4.44. The molecule has 1 aromatic rings. The normalized spacial score (nSPS) is 17.8. The minimum Gasteiger partial charge on any atom is -0.381 e. The lowest BCUT2D eigenvalue weighted by molar-refractivity contribution is -0.126. The Morgan fingerprint density at radius 3 is 2.81 bits per heavy atom. The number of carbonyl (C=O) groups is 1. The molecule has 0 N–H and O–H groups in total. The molecule has 1 atom stereocenters. The smallest absolute Gasteiger partial charge is 0.246 e. The number of nitriles is 1. The second kappa shape index (κ2) is 7.61. The van der Waals surface area contributed by atoms with Gasteiger partial charge in [0.25, 0.3) is 0 Å². The van der Waals surface area contributed by atoms with Crippen LogP contribution < -0.4 is 0 Å². The highest BCUT2D eigenvalue weighted by molar-refractivity contribution is 5.91. The van der Waals surface area contributed by atoms with E-state index in [2.05, 4.69) is 6.07 Å². The van der Waals surface area contributed by atoms with Crippen molar-refractivity contribution in [2.75, 3.05) is 26.3 Å². The van der Waals surface area contributed by atoms with E-state index < -0.39 is 0 Å². The second-order valence-electron chi connectivity index (χ2n) is 5.17. The first-order valence-electron chi connectivity index (χ1n) is 7.28. The molecule has 1 aromatic carbocycles. The molecule has 4 heteroatoms. The maximum atomic E-state index is 12.2. The molecule has 1 unspecified atom stereocenters. The molecule has 4 nitrogen and oxygen atoms in total. The van der Waals surface area contributed by atoms with Gasteiger partial charge in [-0.25, -0.2) is 0 Å². The molecular formula is C17H20N2O2. The van der Waals surface area contributed by atoms with Gasteiger partial charge in [-0.1, -0.05) is 12.1 Å². The highest BCUT2D eigenvalue weighted by Crippen LogP contribution is 2.14. The van der Waals surface area contributed by atoms with E-state index in [0.717, 1.165) is 31.7 Å².